The van der Waals surface area contributed by atoms with Crippen molar-refractivity contribution in [2.75, 3.05) is 0 Å². The van der Waals surface area contributed by atoms with Gasteiger partial charge in [-0.25, -0.2) is 0 Å². The molecule has 0 aliphatic carbocycles. The minimum absolute atomic E-state index is 0.337. The molecule has 0 aliphatic rings. The zero-order chi connectivity index (χ0) is 14.1. The predicted molar refractivity (Wildman–Crippen MR) is 68.6 cm³/mol. The molecule has 0 fully saturated rings. The molecular formula is C12H24O4Si. The van der Waals surface area contributed by atoms with Gasteiger partial charge < -0.3 is 8.85 Å². The topological polar surface area (TPSA) is 52.6 Å². The lowest BCUT2D eigenvalue weighted by atomic mass is 9.98. The van der Waals surface area contributed by atoms with Gasteiger partial charge in [0.15, 0.2) is 0 Å². The van der Waals surface area contributed by atoms with Crippen LogP contribution in [0.1, 0.15) is 41.5 Å². The third kappa shape index (κ3) is 5.86. The maximum Gasteiger partial charge on any atom is 0.457 e. The second-order valence-corrected chi connectivity index (χ2v) is 9.89. The Balaban J connectivity index is 4.62. The van der Waals surface area contributed by atoms with E-state index >= 15 is 0 Å². The van der Waals surface area contributed by atoms with Gasteiger partial charge in [0.2, 0.25) is 0 Å². The summed E-state index contributed by atoms with van der Waals surface area (Å²) in [4.78, 5) is 23.5. The van der Waals surface area contributed by atoms with E-state index in [-0.39, 0.29) is 11.9 Å². The number of carbonyl (C=O) groups excluding carboxylic acids is 2. The SMILES string of the molecule is CC(C)(C)C(=O)O[Si](C)(C)OC(=O)C(C)(C)C. The van der Waals surface area contributed by atoms with Crippen LogP contribution in [0.3, 0.4) is 0 Å². The van der Waals surface area contributed by atoms with Gasteiger partial charge >= 0.3 is 8.56 Å². The summed E-state index contributed by atoms with van der Waals surface area (Å²) in [7, 11) is -2.75. The highest BCUT2D eigenvalue weighted by molar-refractivity contribution is 6.67. The standard InChI is InChI=1S/C12H24O4Si/c1-11(2,3)9(13)15-17(7,8)16-10(14)12(4,5)6/h1-8H3. The number of hydrogen-bond acceptors (Lipinski definition) is 4. The molecule has 0 atom stereocenters. The minimum Gasteiger partial charge on any atom is -0.485 e. The zero-order valence-corrected chi connectivity index (χ0v) is 13.1. The van der Waals surface area contributed by atoms with Crippen molar-refractivity contribution in [3.05, 3.63) is 0 Å². The summed E-state index contributed by atoms with van der Waals surface area (Å²) < 4.78 is 10.6. The van der Waals surface area contributed by atoms with Crippen LogP contribution in [0.25, 0.3) is 0 Å². The molecule has 0 aromatic carbocycles. The fraction of sp³-hybridized carbons (Fsp3) is 0.833. The molecule has 0 saturated carbocycles. The van der Waals surface area contributed by atoms with E-state index in [1.165, 1.54) is 0 Å². The first-order valence-corrected chi connectivity index (χ1v) is 8.54. The maximum atomic E-state index is 11.7. The molecule has 0 heterocycles. The van der Waals surface area contributed by atoms with Crippen LogP contribution in [-0.4, -0.2) is 20.5 Å². The predicted octanol–water partition coefficient (Wildman–Crippen LogP) is 2.87. The molecule has 0 rings (SSSR count). The van der Waals surface area contributed by atoms with Crippen LogP contribution in [0, 0.1) is 10.8 Å². The summed E-state index contributed by atoms with van der Waals surface area (Å²) in [5.41, 5.74) is -1.17. The van der Waals surface area contributed by atoms with E-state index in [2.05, 4.69) is 0 Å². The molecule has 100 valence electrons. The molecule has 0 radical (unpaired) electrons. The molecule has 0 unspecified atom stereocenters. The first-order chi connectivity index (χ1) is 7.26. The molecule has 0 aliphatic heterocycles. The van der Waals surface area contributed by atoms with Gasteiger partial charge in [-0.15, -0.1) is 0 Å². The molecule has 0 aromatic rings. The smallest absolute Gasteiger partial charge is 0.457 e. The van der Waals surface area contributed by atoms with Crippen LogP contribution in [-0.2, 0) is 18.4 Å². The van der Waals surface area contributed by atoms with Gasteiger partial charge in [0, 0.05) is 13.1 Å². The van der Waals surface area contributed by atoms with Crippen LogP contribution in [0.4, 0.5) is 0 Å². The Labute approximate surface area is 105 Å². The quantitative estimate of drug-likeness (QED) is 0.716. The molecule has 4 nitrogen and oxygen atoms in total. The van der Waals surface area contributed by atoms with Crippen LogP contribution in [0.15, 0.2) is 0 Å². The molecule has 0 N–H and O–H groups in total. The van der Waals surface area contributed by atoms with E-state index in [0.29, 0.717) is 0 Å². The van der Waals surface area contributed by atoms with Gasteiger partial charge in [0.1, 0.15) is 0 Å². The minimum atomic E-state index is -2.75. The van der Waals surface area contributed by atoms with Crippen LogP contribution in [0.2, 0.25) is 13.1 Å². The number of rotatable bonds is 2. The number of hydrogen-bond donors (Lipinski definition) is 0. The van der Waals surface area contributed by atoms with E-state index < -0.39 is 19.4 Å². The van der Waals surface area contributed by atoms with Gasteiger partial charge in [-0.3, -0.25) is 9.59 Å². The summed E-state index contributed by atoms with van der Waals surface area (Å²) in [6, 6.07) is 0. The van der Waals surface area contributed by atoms with Gasteiger partial charge in [-0.1, -0.05) is 0 Å². The third-order valence-electron chi connectivity index (χ3n) is 1.90. The largest absolute Gasteiger partial charge is 0.485 e. The highest BCUT2D eigenvalue weighted by Crippen LogP contribution is 2.23. The fourth-order valence-electron chi connectivity index (χ4n) is 0.773. The van der Waals surface area contributed by atoms with E-state index in [4.69, 9.17) is 8.85 Å². The van der Waals surface area contributed by atoms with Gasteiger partial charge in [-0.2, -0.15) is 0 Å². The average Bonchev–Trinajstić information content (AvgIpc) is 1.97. The summed E-state index contributed by atoms with van der Waals surface area (Å²) in [6.07, 6.45) is 0. The van der Waals surface area contributed by atoms with Crippen molar-refractivity contribution in [3.8, 4) is 0 Å². The van der Waals surface area contributed by atoms with Crippen LogP contribution < -0.4 is 0 Å². The third-order valence-corrected chi connectivity index (χ3v) is 3.26. The van der Waals surface area contributed by atoms with Crippen LogP contribution >= 0.6 is 0 Å². The molecular weight excluding hydrogens is 236 g/mol. The van der Waals surface area contributed by atoms with Crippen molar-refractivity contribution in [2.24, 2.45) is 10.8 Å². The maximum absolute atomic E-state index is 11.7. The Hall–Kier alpha value is -0.843. The summed E-state index contributed by atoms with van der Waals surface area (Å²) >= 11 is 0. The van der Waals surface area contributed by atoms with E-state index in [1.807, 2.05) is 0 Å². The van der Waals surface area contributed by atoms with E-state index in [0.717, 1.165) is 0 Å². The van der Waals surface area contributed by atoms with E-state index in [1.54, 1.807) is 54.6 Å². The van der Waals surface area contributed by atoms with Gasteiger partial charge in [-0.05, 0) is 41.5 Å². The lowest BCUT2D eigenvalue weighted by molar-refractivity contribution is -0.150. The first-order valence-electron chi connectivity index (χ1n) is 5.72. The average molecular weight is 260 g/mol. The Bertz CT molecular complexity index is 277. The summed E-state index contributed by atoms with van der Waals surface area (Å²) in [5.74, 6) is -0.674. The Morgan fingerprint density at radius 3 is 1.18 bits per heavy atom. The first kappa shape index (κ1) is 16.2. The molecule has 0 bridgehead atoms. The van der Waals surface area contributed by atoms with Crippen molar-refractivity contribution < 1.29 is 18.4 Å². The molecule has 0 spiro atoms. The highest BCUT2D eigenvalue weighted by atomic mass is 28.4. The van der Waals surface area contributed by atoms with Crippen molar-refractivity contribution in [1.82, 2.24) is 0 Å². The molecule has 17 heavy (non-hydrogen) atoms. The summed E-state index contributed by atoms with van der Waals surface area (Å²) in [5, 5.41) is 0. The van der Waals surface area contributed by atoms with Crippen molar-refractivity contribution in [3.63, 3.8) is 0 Å². The lowest BCUT2D eigenvalue weighted by Crippen LogP contribution is -2.44. The summed E-state index contributed by atoms with van der Waals surface area (Å²) in [6.45, 7) is 14.0. The molecule has 0 amide bonds. The Kier molecular flexibility index (Phi) is 4.56. The van der Waals surface area contributed by atoms with Crippen molar-refractivity contribution >= 4 is 20.5 Å². The Morgan fingerprint density at radius 2 is 1.00 bits per heavy atom. The monoisotopic (exact) mass is 260 g/mol. The molecule has 0 saturated heterocycles. The zero-order valence-electron chi connectivity index (χ0n) is 12.1. The van der Waals surface area contributed by atoms with Gasteiger partial charge in [0.25, 0.3) is 11.9 Å². The fourth-order valence-corrected chi connectivity index (χ4v) is 2.32. The highest BCUT2D eigenvalue weighted by Gasteiger charge is 2.39. The second kappa shape index (κ2) is 4.80. The Morgan fingerprint density at radius 1 is 0.765 bits per heavy atom. The molecule has 5 heteroatoms. The number of carbonyl (C=O) groups is 2. The van der Waals surface area contributed by atoms with Crippen LogP contribution in [0.5, 0.6) is 0 Å². The molecule has 0 aromatic heterocycles. The van der Waals surface area contributed by atoms with Gasteiger partial charge in [0.05, 0.1) is 10.8 Å². The second-order valence-electron chi connectivity index (χ2n) is 6.68. The van der Waals surface area contributed by atoms with Crippen molar-refractivity contribution in [1.29, 1.82) is 0 Å². The lowest BCUT2D eigenvalue weighted by Gasteiger charge is -2.29. The normalized spacial score (nSPS) is 13.2. The van der Waals surface area contributed by atoms with E-state index in [9.17, 15) is 9.59 Å². The van der Waals surface area contributed by atoms with Crippen molar-refractivity contribution in [2.45, 2.75) is 54.6 Å².